The van der Waals surface area contributed by atoms with Gasteiger partial charge in [0.1, 0.15) is 0 Å². The first kappa shape index (κ1) is 23.5. The Balaban J connectivity index is 1.40. The van der Waals surface area contributed by atoms with E-state index >= 15 is 0 Å². The number of amides is 2. The number of rotatable bonds is 6. The van der Waals surface area contributed by atoms with Gasteiger partial charge >= 0.3 is 0 Å². The van der Waals surface area contributed by atoms with Crippen molar-refractivity contribution in [2.24, 2.45) is 28.9 Å². The van der Waals surface area contributed by atoms with Crippen molar-refractivity contribution in [2.45, 2.75) is 43.0 Å². The van der Waals surface area contributed by atoms with E-state index in [1.807, 2.05) is 0 Å². The highest BCUT2D eigenvalue weighted by Crippen LogP contribution is 2.60. The van der Waals surface area contributed by atoms with Crippen LogP contribution in [0.5, 0.6) is 0 Å². The zero-order chi connectivity index (χ0) is 24.3. The third kappa shape index (κ3) is 4.06. The summed E-state index contributed by atoms with van der Waals surface area (Å²) in [7, 11) is -3.92. The lowest BCUT2D eigenvalue weighted by Crippen LogP contribution is -2.66. The van der Waals surface area contributed by atoms with Gasteiger partial charge in [-0.1, -0.05) is 29.3 Å². The molecule has 2 aromatic carbocycles. The molecule has 0 heterocycles. The molecule has 4 N–H and O–H groups in total. The molecule has 34 heavy (non-hydrogen) atoms. The van der Waals surface area contributed by atoms with Crippen LogP contribution in [0.2, 0.25) is 10.0 Å². The fraction of sp³-hybridized carbons (Fsp3) is 0.417. The number of hydrogen-bond donors (Lipinski definition) is 3. The molecule has 4 aliphatic rings. The Morgan fingerprint density at radius 1 is 1.00 bits per heavy atom. The van der Waals surface area contributed by atoms with Gasteiger partial charge in [-0.05, 0) is 86.3 Å². The van der Waals surface area contributed by atoms with Gasteiger partial charge in [0.2, 0.25) is 5.91 Å². The van der Waals surface area contributed by atoms with Gasteiger partial charge in [0.05, 0.1) is 20.9 Å². The Labute approximate surface area is 208 Å². The molecule has 10 heteroatoms. The lowest BCUT2D eigenvalue weighted by Gasteiger charge is -2.59. The third-order valence-electron chi connectivity index (χ3n) is 7.66. The van der Waals surface area contributed by atoms with Gasteiger partial charge in [-0.3, -0.25) is 14.3 Å². The standard InChI is InChI=1S/C24H25Cl2N3O4S/c25-16-2-1-3-18(9-16)34(32,33)29-17-4-5-20(26)19(10-17)22(30)28-21-15-7-13-6-14(8-15)12-24(21,11-13)23(27)31/h1-5,9-10,13-15,21,29H,6-8,11-12H2,(H2,27,31)(H,28,30). The first-order valence-electron chi connectivity index (χ1n) is 11.3. The fourth-order valence-electron chi connectivity index (χ4n) is 6.48. The normalized spacial score (nSPS) is 29.6. The van der Waals surface area contributed by atoms with Crippen LogP contribution < -0.4 is 15.8 Å². The van der Waals surface area contributed by atoms with E-state index in [9.17, 15) is 18.0 Å². The minimum atomic E-state index is -3.92. The number of nitrogens with one attached hydrogen (secondary N) is 2. The van der Waals surface area contributed by atoms with Crippen LogP contribution in [-0.4, -0.2) is 26.3 Å². The summed E-state index contributed by atoms with van der Waals surface area (Å²) < 4.78 is 28.0. The summed E-state index contributed by atoms with van der Waals surface area (Å²) in [5.74, 6) is 0.348. The van der Waals surface area contributed by atoms with Crippen molar-refractivity contribution in [1.29, 1.82) is 0 Å². The molecule has 3 atom stereocenters. The Bertz CT molecular complexity index is 1270. The van der Waals surface area contributed by atoms with Crippen molar-refractivity contribution in [3.63, 3.8) is 0 Å². The lowest BCUT2D eigenvalue weighted by molar-refractivity contribution is -0.148. The fourth-order valence-corrected chi connectivity index (χ4v) is 8.03. The molecule has 0 saturated heterocycles. The van der Waals surface area contributed by atoms with Crippen molar-refractivity contribution in [3.05, 3.63) is 58.1 Å². The zero-order valence-electron chi connectivity index (χ0n) is 18.3. The molecular weight excluding hydrogens is 497 g/mol. The summed E-state index contributed by atoms with van der Waals surface area (Å²) in [4.78, 5) is 25.9. The van der Waals surface area contributed by atoms with Crippen LogP contribution in [0.25, 0.3) is 0 Å². The summed E-state index contributed by atoms with van der Waals surface area (Å²) in [6.07, 6.45) is 4.49. The molecule has 0 aliphatic heterocycles. The lowest BCUT2D eigenvalue weighted by atomic mass is 9.47. The van der Waals surface area contributed by atoms with Crippen LogP contribution >= 0.6 is 23.2 Å². The monoisotopic (exact) mass is 521 g/mol. The van der Waals surface area contributed by atoms with E-state index in [0.717, 1.165) is 19.3 Å². The van der Waals surface area contributed by atoms with Crippen molar-refractivity contribution in [3.8, 4) is 0 Å². The third-order valence-corrected chi connectivity index (χ3v) is 9.60. The number of halogens is 2. The number of sulfonamides is 1. The van der Waals surface area contributed by atoms with E-state index in [1.54, 1.807) is 6.07 Å². The molecule has 0 radical (unpaired) electrons. The number of anilines is 1. The van der Waals surface area contributed by atoms with E-state index in [4.69, 9.17) is 28.9 Å². The molecule has 0 spiro atoms. The van der Waals surface area contributed by atoms with Crippen LogP contribution in [-0.2, 0) is 14.8 Å². The predicted molar refractivity (Wildman–Crippen MR) is 130 cm³/mol. The Morgan fingerprint density at radius 2 is 1.71 bits per heavy atom. The SMILES string of the molecule is NC(=O)C12CC3CC(CC(C3)C1NC(=O)c1cc(NS(=O)(=O)c3cccc(Cl)c3)ccc1Cl)C2. The number of carbonyl (C=O) groups excluding carboxylic acids is 2. The van der Waals surface area contributed by atoms with Crippen LogP contribution in [0.4, 0.5) is 5.69 Å². The number of carbonyl (C=O) groups is 2. The van der Waals surface area contributed by atoms with Crippen molar-refractivity contribution >= 4 is 50.7 Å². The van der Waals surface area contributed by atoms with Gasteiger partial charge in [0, 0.05) is 16.8 Å². The molecule has 7 nitrogen and oxygen atoms in total. The van der Waals surface area contributed by atoms with Crippen LogP contribution in [0.3, 0.4) is 0 Å². The predicted octanol–water partition coefficient (Wildman–Crippen LogP) is 4.20. The molecule has 4 fully saturated rings. The van der Waals surface area contributed by atoms with Crippen molar-refractivity contribution in [2.75, 3.05) is 4.72 Å². The maximum atomic E-state index is 13.3. The molecule has 2 aromatic rings. The molecule has 6 rings (SSSR count). The summed E-state index contributed by atoms with van der Waals surface area (Å²) in [5.41, 5.74) is 5.46. The maximum absolute atomic E-state index is 13.3. The van der Waals surface area contributed by atoms with Gasteiger partial charge in [-0.15, -0.1) is 0 Å². The molecule has 180 valence electrons. The van der Waals surface area contributed by atoms with E-state index in [2.05, 4.69) is 10.0 Å². The maximum Gasteiger partial charge on any atom is 0.261 e. The Hall–Kier alpha value is -2.29. The molecule has 4 bridgehead atoms. The van der Waals surface area contributed by atoms with E-state index in [1.165, 1.54) is 36.4 Å². The minimum Gasteiger partial charge on any atom is -0.369 e. The highest BCUT2D eigenvalue weighted by molar-refractivity contribution is 7.92. The van der Waals surface area contributed by atoms with Crippen LogP contribution in [0.15, 0.2) is 47.4 Å². The molecule has 4 saturated carbocycles. The first-order valence-corrected chi connectivity index (χ1v) is 13.5. The second-order valence-corrected chi connectivity index (χ2v) is 12.4. The number of nitrogens with two attached hydrogens (primary N) is 1. The molecular formula is C24H25Cl2N3O4S. The van der Waals surface area contributed by atoms with Gasteiger partial charge in [0.25, 0.3) is 15.9 Å². The summed E-state index contributed by atoms with van der Waals surface area (Å²) in [5, 5.41) is 3.52. The van der Waals surface area contributed by atoms with E-state index in [0.29, 0.717) is 24.7 Å². The molecule has 3 unspecified atom stereocenters. The number of benzene rings is 2. The smallest absolute Gasteiger partial charge is 0.261 e. The zero-order valence-corrected chi connectivity index (χ0v) is 20.6. The number of primary amides is 1. The van der Waals surface area contributed by atoms with Gasteiger partial charge < -0.3 is 11.1 Å². The minimum absolute atomic E-state index is 0.00190. The van der Waals surface area contributed by atoms with Gasteiger partial charge in [0.15, 0.2) is 0 Å². The first-order chi connectivity index (χ1) is 16.1. The van der Waals surface area contributed by atoms with Crippen molar-refractivity contribution < 1.29 is 18.0 Å². The molecule has 4 aliphatic carbocycles. The van der Waals surface area contributed by atoms with Crippen LogP contribution in [0.1, 0.15) is 42.5 Å². The van der Waals surface area contributed by atoms with Crippen molar-refractivity contribution in [1.82, 2.24) is 5.32 Å². The second-order valence-electron chi connectivity index (χ2n) is 9.84. The summed E-state index contributed by atoms with van der Waals surface area (Å²) >= 11 is 12.2. The van der Waals surface area contributed by atoms with Gasteiger partial charge in [-0.25, -0.2) is 8.42 Å². The molecule has 0 aromatic heterocycles. The highest BCUT2D eigenvalue weighted by Gasteiger charge is 2.60. The average Bonchev–Trinajstić information content (AvgIpc) is 2.76. The number of hydrogen-bond acceptors (Lipinski definition) is 4. The highest BCUT2D eigenvalue weighted by atomic mass is 35.5. The topological polar surface area (TPSA) is 118 Å². The van der Waals surface area contributed by atoms with Gasteiger partial charge in [-0.2, -0.15) is 0 Å². The average molecular weight is 522 g/mol. The van der Waals surface area contributed by atoms with E-state index in [-0.39, 0.29) is 44.1 Å². The van der Waals surface area contributed by atoms with Crippen LogP contribution in [0, 0.1) is 23.2 Å². The summed E-state index contributed by atoms with van der Waals surface area (Å²) in [6.45, 7) is 0. The van der Waals surface area contributed by atoms with E-state index < -0.39 is 21.3 Å². The largest absolute Gasteiger partial charge is 0.369 e. The summed E-state index contributed by atoms with van der Waals surface area (Å²) in [6, 6.07) is 9.87. The quantitative estimate of drug-likeness (QED) is 0.527. The Kier molecular flexibility index (Phi) is 5.81. The Morgan fingerprint density at radius 3 is 2.35 bits per heavy atom. The molecule has 2 amide bonds. The second kappa shape index (κ2) is 8.43.